The maximum atomic E-state index is 13.9. The maximum Gasteiger partial charge on any atom is 0.283 e. The summed E-state index contributed by atoms with van der Waals surface area (Å²) in [5, 5.41) is 1.00. The number of aromatic nitrogens is 1. The van der Waals surface area contributed by atoms with Crippen molar-refractivity contribution in [2.75, 3.05) is 26.2 Å². The van der Waals surface area contributed by atoms with Crippen LogP contribution in [0.3, 0.4) is 0 Å². The molecule has 204 valence electrons. The van der Waals surface area contributed by atoms with Gasteiger partial charge in [0.15, 0.2) is 11.5 Å². The number of fused-ring (bicyclic) bond motifs is 1. The van der Waals surface area contributed by atoms with E-state index in [-0.39, 0.29) is 11.6 Å². The van der Waals surface area contributed by atoms with E-state index in [9.17, 15) is 4.79 Å². The van der Waals surface area contributed by atoms with Gasteiger partial charge in [-0.3, -0.25) is 4.79 Å². The molecule has 0 saturated carbocycles. The van der Waals surface area contributed by atoms with Gasteiger partial charge in [0.05, 0.1) is 21.3 Å². The van der Waals surface area contributed by atoms with Crippen LogP contribution in [0, 0.1) is 0 Å². The quantitative estimate of drug-likeness (QED) is 0.203. The van der Waals surface area contributed by atoms with Crippen molar-refractivity contribution in [2.45, 2.75) is 9.79 Å². The van der Waals surface area contributed by atoms with Crippen LogP contribution in [-0.4, -0.2) is 38.1 Å². The molecule has 0 atom stereocenters. The number of benzene rings is 4. The lowest BCUT2D eigenvalue weighted by molar-refractivity contribution is -0.113. The summed E-state index contributed by atoms with van der Waals surface area (Å²) in [6.07, 6.45) is 1.73. The molecular weight excluding hydrogens is 534 g/mol. The standard InChI is InChI=1S/C33H27N3O4S/c1-38-28-17-21(18-29(39-2)31(28)40-3)16-27-33(37)36(32(35-27)22-10-6-4-7-11-22)30-20-23-19-25(14-15-26(23)34-30)41-24-12-8-5-9-13-24/h4-20,34H,1-3H3. The number of methoxy groups -OCH3 is 3. The third-order valence-electron chi connectivity index (χ3n) is 6.68. The van der Waals surface area contributed by atoms with Gasteiger partial charge in [-0.05, 0) is 60.2 Å². The minimum absolute atomic E-state index is 0.247. The highest BCUT2D eigenvalue weighted by Crippen LogP contribution is 2.39. The first-order valence-electron chi connectivity index (χ1n) is 12.9. The predicted molar refractivity (Wildman–Crippen MR) is 163 cm³/mol. The zero-order valence-electron chi connectivity index (χ0n) is 22.8. The fraction of sp³-hybridized carbons (Fsp3) is 0.0909. The average molecular weight is 562 g/mol. The first-order valence-corrected chi connectivity index (χ1v) is 13.8. The molecule has 41 heavy (non-hydrogen) atoms. The van der Waals surface area contributed by atoms with Gasteiger partial charge in [-0.25, -0.2) is 9.89 Å². The van der Waals surface area contributed by atoms with Gasteiger partial charge >= 0.3 is 0 Å². The van der Waals surface area contributed by atoms with E-state index in [1.165, 1.54) is 0 Å². The van der Waals surface area contributed by atoms with Crippen LogP contribution in [0.5, 0.6) is 17.2 Å². The normalized spacial score (nSPS) is 14.0. The number of hydrogen-bond acceptors (Lipinski definition) is 6. The van der Waals surface area contributed by atoms with Crippen molar-refractivity contribution in [3.63, 3.8) is 0 Å². The molecule has 4 aromatic carbocycles. The van der Waals surface area contributed by atoms with Gasteiger partial charge in [-0.15, -0.1) is 0 Å². The van der Waals surface area contributed by atoms with Gasteiger partial charge in [-0.1, -0.05) is 60.3 Å². The highest BCUT2D eigenvalue weighted by atomic mass is 32.2. The molecule has 1 amide bonds. The third-order valence-corrected chi connectivity index (χ3v) is 7.68. The van der Waals surface area contributed by atoms with Crippen LogP contribution >= 0.6 is 11.8 Å². The fourth-order valence-electron chi connectivity index (χ4n) is 4.77. The Kier molecular flexibility index (Phi) is 7.22. The number of aromatic amines is 1. The number of nitrogens with one attached hydrogen (secondary N) is 1. The Bertz CT molecular complexity index is 1770. The third kappa shape index (κ3) is 5.17. The van der Waals surface area contributed by atoms with Gasteiger partial charge in [0.2, 0.25) is 5.75 Å². The number of aliphatic imine (C=N–C) groups is 1. The number of amides is 1. The molecule has 0 fully saturated rings. The molecule has 1 aromatic heterocycles. The van der Waals surface area contributed by atoms with Gasteiger partial charge in [0.1, 0.15) is 17.4 Å². The lowest BCUT2D eigenvalue weighted by Crippen LogP contribution is -2.32. The van der Waals surface area contributed by atoms with E-state index < -0.39 is 0 Å². The number of H-pyrrole nitrogens is 1. The van der Waals surface area contributed by atoms with Crippen LogP contribution in [0.2, 0.25) is 0 Å². The number of carbonyl (C=O) groups is 1. The van der Waals surface area contributed by atoms with Crippen LogP contribution in [0.4, 0.5) is 5.82 Å². The lowest BCUT2D eigenvalue weighted by Gasteiger charge is -2.16. The Labute approximate surface area is 242 Å². The van der Waals surface area contributed by atoms with Crippen molar-refractivity contribution in [1.82, 2.24) is 4.98 Å². The summed E-state index contributed by atoms with van der Waals surface area (Å²) in [7, 11) is 4.67. The van der Waals surface area contributed by atoms with Gasteiger partial charge in [0, 0.05) is 26.3 Å². The molecule has 2 heterocycles. The lowest BCUT2D eigenvalue weighted by atomic mass is 10.1. The molecule has 7 nitrogen and oxygen atoms in total. The van der Waals surface area contributed by atoms with Crippen molar-refractivity contribution < 1.29 is 19.0 Å². The van der Waals surface area contributed by atoms with E-state index in [0.717, 1.165) is 26.3 Å². The number of hydrogen-bond donors (Lipinski definition) is 1. The second kappa shape index (κ2) is 11.3. The summed E-state index contributed by atoms with van der Waals surface area (Å²) < 4.78 is 16.4. The van der Waals surface area contributed by atoms with E-state index in [0.29, 0.717) is 34.5 Å². The fourth-order valence-corrected chi connectivity index (χ4v) is 5.65. The molecule has 6 rings (SSSR count). The number of anilines is 1. The monoisotopic (exact) mass is 561 g/mol. The van der Waals surface area contributed by atoms with Crippen LogP contribution < -0.4 is 19.1 Å². The Hall–Kier alpha value is -4.95. The molecule has 1 N–H and O–H groups in total. The second-order valence-electron chi connectivity index (χ2n) is 9.25. The number of ether oxygens (including phenoxy) is 3. The molecule has 1 aliphatic heterocycles. The highest BCUT2D eigenvalue weighted by Gasteiger charge is 2.33. The molecule has 0 unspecified atom stereocenters. The van der Waals surface area contributed by atoms with Crippen molar-refractivity contribution in [2.24, 2.45) is 4.99 Å². The smallest absolute Gasteiger partial charge is 0.283 e. The zero-order valence-corrected chi connectivity index (χ0v) is 23.6. The molecule has 0 radical (unpaired) electrons. The van der Waals surface area contributed by atoms with Crippen molar-refractivity contribution in [3.05, 3.63) is 114 Å². The Morgan fingerprint density at radius 3 is 2.12 bits per heavy atom. The number of rotatable bonds is 8. The zero-order chi connectivity index (χ0) is 28.3. The topological polar surface area (TPSA) is 76.2 Å². The first-order chi connectivity index (χ1) is 20.1. The Morgan fingerprint density at radius 2 is 1.46 bits per heavy atom. The summed E-state index contributed by atoms with van der Waals surface area (Å²) >= 11 is 1.70. The Balaban J connectivity index is 1.40. The summed E-state index contributed by atoms with van der Waals surface area (Å²) in [4.78, 5) is 26.1. The molecule has 1 aliphatic rings. The summed E-state index contributed by atoms with van der Waals surface area (Å²) in [5.41, 5.74) is 2.74. The minimum Gasteiger partial charge on any atom is -0.493 e. The SMILES string of the molecule is COc1cc(C=C2N=C(c3ccccc3)N(c3cc4cc(Sc5ccccc5)ccc4[nH]3)C2=O)cc(OC)c1OC. The van der Waals surface area contributed by atoms with Crippen LogP contribution in [0.15, 0.2) is 118 Å². The van der Waals surface area contributed by atoms with Crippen LogP contribution in [0.1, 0.15) is 11.1 Å². The summed E-state index contributed by atoms with van der Waals surface area (Å²) in [6, 6.07) is 31.7. The summed E-state index contributed by atoms with van der Waals surface area (Å²) in [5.74, 6) is 2.40. The average Bonchev–Trinajstić information content (AvgIpc) is 3.57. The van der Waals surface area contributed by atoms with Gasteiger partial charge in [0.25, 0.3) is 5.91 Å². The Morgan fingerprint density at radius 1 is 0.780 bits per heavy atom. The van der Waals surface area contributed by atoms with Crippen molar-refractivity contribution in [1.29, 1.82) is 0 Å². The predicted octanol–water partition coefficient (Wildman–Crippen LogP) is 7.18. The maximum absolute atomic E-state index is 13.9. The van der Waals surface area contributed by atoms with Crippen LogP contribution in [-0.2, 0) is 4.79 Å². The molecule has 8 heteroatoms. The number of nitrogens with zero attached hydrogens (tertiary/aromatic N) is 2. The molecule has 0 bridgehead atoms. The largest absolute Gasteiger partial charge is 0.493 e. The first kappa shape index (κ1) is 26.3. The van der Waals surface area contributed by atoms with Gasteiger partial charge < -0.3 is 19.2 Å². The van der Waals surface area contributed by atoms with Crippen LogP contribution in [0.25, 0.3) is 17.0 Å². The van der Waals surface area contributed by atoms with Gasteiger partial charge in [-0.2, -0.15) is 0 Å². The molecule has 0 aliphatic carbocycles. The van der Waals surface area contributed by atoms with Crippen molar-refractivity contribution in [3.8, 4) is 17.2 Å². The molecule has 0 saturated heterocycles. The number of amidine groups is 1. The summed E-state index contributed by atoms with van der Waals surface area (Å²) in [6.45, 7) is 0. The van der Waals surface area contributed by atoms with E-state index >= 15 is 0 Å². The van der Waals surface area contributed by atoms with Crippen molar-refractivity contribution >= 4 is 46.3 Å². The molecule has 5 aromatic rings. The van der Waals surface area contributed by atoms with E-state index in [1.807, 2.05) is 60.7 Å². The number of carbonyl (C=O) groups excluding carboxylic acids is 1. The van der Waals surface area contributed by atoms with E-state index in [4.69, 9.17) is 19.2 Å². The van der Waals surface area contributed by atoms with E-state index in [2.05, 4.69) is 29.2 Å². The highest BCUT2D eigenvalue weighted by molar-refractivity contribution is 7.99. The van der Waals surface area contributed by atoms with E-state index in [1.54, 1.807) is 56.2 Å². The molecule has 0 spiro atoms. The second-order valence-corrected chi connectivity index (χ2v) is 10.4. The molecular formula is C33H27N3O4S. The minimum atomic E-state index is -0.247.